The number of hydrogen-bond donors (Lipinski definition) is 0. The monoisotopic (exact) mass is 440 g/mol. The lowest BCUT2D eigenvalue weighted by molar-refractivity contribution is 0.630. The molecule has 78 valence electrons. The topological polar surface area (TPSA) is 17.8 Å². The van der Waals surface area contributed by atoms with E-state index in [4.69, 9.17) is 0 Å². The molecule has 0 unspecified atom stereocenters. The van der Waals surface area contributed by atoms with E-state index in [9.17, 15) is 0 Å². The van der Waals surface area contributed by atoms with Crippen molar-refractivity contribution in [3.05, 3.63) is 24.4 Å². The summed E-state index contributed by atoms with van der Waals surface area (Å²) in [5.74, 6) is 0. The average Bonchev–Trinajstić information content (AvgIpc) is 2.68. The molecule has 0 radical (unpaired) electrons. The van der Waals surface area contributed by atoms with E-state index in [0.717, 1.165) is 23.0 Å². The zero-order chi connectivity index (χ0) is 10.6. The first kappa shape index (κ1) is 10.5. The molecular weight excluding hydrogens is 435 g/mol. The standard InChI is InChI=1S/C10H7Br2IN2/c11-6-5-2-1-3-15-4-14-9(10(5)15)8(13)7(6)12/h4H,1-3H2. The van der Waals surface area contributed by atoms with E-state index in [0.29, 0.717) is 0 Å². The molecule has 0 amide bonds. The minimum atomic E-state index is 1.09. The zero-order valence-electron chi connectivity index (χ0n) is 7.73. The average molecular weight is 442 g/mol. The van der Waals surface area contributed by atoms with Crippen molar-refractivity contribution in [3.63, 3.8) is 0 Å². The van der Waals surface area contributed by atoms with Crippen LogP contribution in [0.1, 0.15) is 12.0 Å². The predicted molar refractivity (Wildman–Crippen MR) is 76.2 cm³/mol. The van der Waals surface area contributed by atoms with Gasteiger partial charge in [-0.25, -0.2) is 4.98 Å². The molecule has 0 saturated carbocycles. The third kappa shape index (κ3) is 1.42. The highest BCUT2D eigenvalue weighted by atomic mass is 127. The van der Waals surface area contributed by atoms with Crippen molar-refractivity contribution in [3.8, 4) is 0 Å². The molecule has 2 nitrogen and oxygen atoms in total. The highest BCUT2D eigenvalue weighted by molar-refractivity contribution is 14.1. The summed E-state index contributed by atoms with van der Waals surface area (Å²) in [6.45, 7) is 1.09. The highest BCUT2D eigenvalue weighted by Crippen LogP contribution is 2.40. The van der Waals surface area contributed by atoms with Crippen LogP contribution in [-0.2, 0) is 13.0 Å². The number of nitrogens with zero attached hydrogens (tertiary/aromatic N) is 2. The quantitative estimate of drug-likeness (QED) is 0.444. The smallest absolute Gasteiger partial charge is 0.103 e. The normalized spacial score (nSPS) is 14.9. The van der Waals surface area contributed by atoms with Gasteiger partial charge in [0.2, 0.25) is 0 Å². The van der Waals surface area contributed by atoms with E-state index in [-0.39, 0.29) is 0 Å². The lowest BCUT2D eigenvalue weighted by Gasteiger charge is -2.17. The van der Waals surface area contributed by atoms with E-state index in [1.54, 1.807) is 0 Å². The summed E-state index contributed by atoms with van der Waals surface area (Å²) in [5.41, 5.74) is 3.82. The molecular formula is C10H7Br2IN2. The van der Waals surface area contributed by atoms with Crippen LogP contribution in [0, 0.1) is 3.57 Å². The van der Waals surface area contributed by atoms with Gasteiger partial charge in [0.1, 0.15) is 5.52 Å². The fraction of sp³-hybridized carbons (Fsp3) is 0.300. The van der Waals surface area contributed by atoms with Gasteiger partial charge in [0.25, 0.3) is 0 Å². The van der Waals surface area contributed by atoms with Crippen molar-refractivity contribution in [2.75, 3.05) is 0 Å². The Balaban J connectivity index is 2.55. The number of aromatic nitrogens is 2. The molecule has 1 aliphatic heterocycles. The minimum Gasteiger partial charge on any atom is -0.330 e. The van der Waals surface area contributed by atoms with Gasteiger partial charge in [-0.2, -0.15) is 0 Å². The lowest BCUT2D eigenvalue weighted by atomic mass is 10.0. The van der Waals surface area contributed by atoms with Crippen molar-refractivity contribution in [2.24, 2.45) is 0 Å². The van der Waals surface area contributed by atoms with Crippen LogP contribution in [0.4, 0.5) is 0 Å². The van der Waals surface area contributed by atoms with Gasteiger partial charge in [0.15, 0.2) is 0 Å². The molecule has 2 aromatic rings. The number of hydrogen-bond acceptors (Lipinski definition) is 1. The zero-order valence-corrected chi connectivity index (χ0v) is 13.1. The molecule has 2 heterocycles. The molecule has 5 heteroatoms. The molecule has 0 saturated heterocycles. The van der Waals surface area contributed by atoms with Gasteiger partial charge in [-0.15, -0.1) is 0 Å². The molecule has 0 bridgehead atoms. The third-order valence-electron chi connectivity index (χ3n) is 2.81. The highest BCUT2D eigenvalue weighted by Gasteiger charge is 2.21. The van der Waals surface area contributed by atoms with Gasteiger partial charge in [-0.05, 0) is 72.9 Å². The summed E-state index contributed by atoms with van der Waals surface area (Å²) in [6, 6.07) is 0. The van der Waals surface area contributed by atoms with Gasteiger partial charge in [0, 0.05) is 15.5 Å². The SMILES string of the molecule is Brc1c(Br)c2c3c(ncn3CCC2)c1I. The van der Waals surface area contributed by atoms with Gasteiger partial charge < -0.3 is 4.57 Å². The van der Waals surface area contributed by atoms with Crippen molar-refractivity contribution in [1.82, 2.24) is 9.55 Å². The fourth-order valence-electron chi connectivity index (χ4n) is 2.12. The molecule has 15 heavy (non-hydrogen) atoms. The van der Waals surface area contributed by atoms with Crippen molar-refractivity contribution >= 4 is 65.5 Å². The van der Waals surface area contributed by atoms with Crippen LogP contribution in [0.2, 0.25) is 0 Å². The Hall–Kier alpha value is 0.380. The first-order valence-corrected chi connectivity index (χ1v) is 7.37. The van der Waals surface area contributed by atoms with Gasteiger partial charge in [-0.3, -0.25) is 0 Å². The maximum absolute atomic E-state index is 4.50. The summed E-state index contributed by atoms with van der Waals surface area (Å²) in [7, 11) is 0. The first-order valence-electron chi connectivity index (χ1n) is 4.70. The van der Waals surface area contributed by atoms with Gasteiger partial charge in [-0.1, -0.05) is 0 Å². The number of imidazole rings is 1. The van der Waals surface area contributed by atoms with Gasteiger partial charge in [0.05, 0.1) is 15.4 Å². The summed E-state index contributed by atoms with van der Waals surface area (Å²) < 4.78 is 5.78. The Bertz CT molecular complexity index is 562. The summed E-state index contributed by atoms with van der Waals surface area (Å²) in [5, 5.41) is 0. The number of aryl methyl sites for hydroxylation is 2. The van der Waals surface area contributed by atoms with Crippen LogP contribution in [0.15, 0.2) is 15.3 Å². The molecule has 0 atom stereocenters. The summed E-state index contributed by atoms with van der Waals surface area (Å²) >= 11 is 9.64. The molecule has 1 aromatic carbocycles. The Morgan fingerprint density at radius 3 is 2.93 bits per heavy atom. The van der Waals surface area contributed by atoms with E-state index in [2.05, 4.69) is 64.0 Å². The molecule has 0 fully saturated rings. The second-order valence-electron chi connectivity index (χ2n) is 3.66. The van der Waals surface area contributed by atoms with Crippen molar-refractivity contribution in [1.29, 1.82) is 0 Å². The fourth-order valence-corrected chi connectivity index (χ4v) is 4.17. The number of rotatable bonds is 0. The van der Waals surface area contributed by atoms with Gasteiger partial charge >= 0.3 is 0 Å². The Labute approximate surface area is 118 Å². The number of halogens is 3. The van der Waals surface area contributed by atoms with Crippen molar-refractivity contribution in [2.45, 2.75) is 19.4 Å². The molecule has 0 spiro atoms. The Morgan fingerprint density at radius 2 is 2.13 bits per heavy atom. The third-order valence-corrected chi connectivity index (χ3v) is 6.80. The minimum absolute atomic E-state index is 1.09. The Morgan fingerprint density at radius 1 is 1.33 bits per heavy atom. The van der Waals surface area contributed by atoms with Crippen LogP contribution in [0.3, 0.4) is 0 Å². The second kappa shape index (κ2) is 3.70. The van der Waals surface area contributed by atoms with Crippen LogP contribution in [0.5, 0.6) is 0 Å². The molecule has 3 rings (SSSR count). The molecule has 1 aromatic heterocycles. The van der Waals surface area contributed by atoms with E-state index >= 15 is 0 Å². The second-order valence-corrected chi connectivity index (χ2v) is 6.32. The van der Waals surface area contributed by atoms with Crippen LogP contribution < -0.4 is 0 Å². The maximum Gasteiger partial charge on any atom is 0.103 e. The largest absolute Gasteiger partial charge is 0.330 e. The van der Waals surface area contributed by atoms with E-state index in [1.165, 1.54) is 25.5 Å². The first-order chi connectivity index (χ1) is 7.20. The Kier molecular flexibility index (Phi) is 2.60. The van der Waals surface area contributed by atoms with Crippen LogP contribution >= 0.6 is 54.5 Å². The number of benzene rings is 1. The van der Waals surface area contributed by atoms with Crippen molar-refractivity contribution < 1.29 is 0 Å². The van der Waals surface area contributed by atoms with Crippen LogP contribution in [0.25, 0.3) is 11.0 Å². The molecule has 0 aliphatic carbocycles. The summed E-state index contributed by atoms with van der Waals surface area (Å²) in [4.78, 5) is 4.50. The predicted octanol–water partition coefficient (Wildman–Crippen LogP) is 4.11. The summed E-state index contributed by atoms with van der Waals surface area (Å²) in [6.07, 6.45) is 4.29. The lowest BCUT2D eigenvalue weighted by Crippen LogP contribution is -2.07. The van der Waals surface area contributed by atoms with E-state index in [1.807, 2.05) is 6.33 Å². The maximum atomic E-state index is 4.50. The molecule has 1 aliphatic rings. The molecule has 0 N–H and O–H groups in total. The van der Waals surface area contributed by atoms with E-state index < -0.39 is 0 Å². The van der Waals surface area contributed by atoms with Crippen LogP contribution in [-0.4, -0.2) is 9.55 Å².